The fourth-order valence-electron chi connectivity index (χ4n) is 3.07. The second-order valence-electron chi connectivity index (χ2n) is 5.94. The van der Waals surface area contributed by atoms with Crippen molar-refractivity contribution in [3.63, 3.8) is 0 Å². The highest BCUT2D eigenvalue weighted by atomic mass is 32.2. The maximum absolute atomic E-state index is 13.6. The van der Waals surface area contributed by atoms with E-state index in [9.17, 15) is 17.6 Å². The van der Waals surface area contributed by atoms with E-state index in [1.165, 1.54) is 22.5 Å². The zero-order valence-corrected chi connectivity index (χ0v) is 13.5. The molecule has 2 heterocycles. The van der Waals surface area contributed by atoms with Gasteiger partial charge in [-0.1, -0.05) is 12.1 Å². The zero-order chi connectivity index (χ0) is 16.4. The van der Waals surface area contributed by atoms with Crippen molar-refractivity contribution >= 4 is 21.6 Å². The summed E-state index contributed by atoms with van der Waals surface area (Å²) in [5, 5.41) is 4.84. The highest BCUT2D eigenvalue weighted by Crippen LogP contribution is 2.23. The van der Waals surface area contributed by atoms with Gasteiger partial charge in [0.25, 0.3) is 0 Å². The highest BCUT2D eigenvalue weighted by Gasteiger charge is 2.40. The number of sulfonamides is 1. The standard InChI is InChI=1S/C15H20FN3O3S/c16-12-5-1-2-6-13(12)18-15(20)14-9-11(10-17-14)23(21,22)19-7-3-4-8-19/h1-2,5-6,11,14,17H,3-4,7-10H2,(H,18,20). The van der Waals surface area contributed by atoms with Gasteiger partial charge >= 0.3 is 0 Å². The fraction of sp³-hybridized carbons (Fsp3) is 0.533. The SMILES string of the molecule is O=C(Nc1ccccc1F)C1CC(S(=O)(=O)N2CCCC2)CN1. The van der Waals surface area contributed by atoms with E-state index >= 15 is 0 Å². The minimum Gasteiger partial charge on any atom is -0.322 e. The lowest BCUT2D eigenvalue weighted by Crippen LogP contribution is -2.37. The molecule has 1 aromatic carbocycles. The normalized spacial score (nSPS) is 25.6. The molecule has 1 aromatic rings. The van der Waals surface area contributed by atoms with E-state index in [1.807, 2.05) is 0 Å². The molecule has 2 aliphatic rings. The molecular weight excluding hydrogens is 321 g/mol. The van der Waals surface area contributed by atoms with Crippen LogP contribution in [-0.4, -0.2) is 49.6 Å². The van der Waals surface area contributed by atoms with Crippen molar-refractivity contribution in [2.24, 2.45) is 0 Å². The Bertz CT molecular complexity index is 689. The van der Waals surface area contributed by atoms with Crippen molar-refractivity contribution in [1.82, 2.24) is 9.62 Å². The monoisotopic (exact) mass is 341 g/mol. The van der Waals surface area contributed by atoms with Crippen LogP contribution >= 0.6 is 0 Å². The number of nitrogens with one attached hydrogen (secondary N) is 2. The van der Waals surface area contributed by atoms with Gasteiger partial charge in [0.2, 0.25) is 15.9 Å². The van der Waals surface area contributed by atoms with E-state index in [0.29, 0.717) is 13.1 Å². The maximum atomic E-state index is 13.6. The number of amides is 1. The molecule has 3 rings (SSSR count). The van der Waals surface area contributed by atoms with Crippen LogP contribution in [0.5, 0.6) is 0 Å². The lowest BCUT2D eigenvalue weighted by molar-refractivity contribution is -0.117. The molecule has 1 amide bonds. The molecule has 0 saturated carbocycles. The summed E-state index contributed by atoms with van der Waals surface area (Å²) in [7, 11) is -3.37. The number of para-hydroxylation sites is 1. The topological polar surface area (TPSA) is 78.5 Å². The molecule has 2 atom stereocenters. The van der Waals surface area contributed by atoms with Gasteiger partial charge in [0.05, 0.1) is 17.0 Å². The van der Waals surface area contributed by atoms with Crippen LogP contribution < -0.4 is 10.6 Å². The van der Waals surface area contributed by atoms with Crippen LogP contribution in [0.1, 0.15) is 19.3 Å². The molecule has 2 N–H and O–H groups in total. The Morgan fingerprint density at radius 1 is 1.26 bits per heavy atom. The average Bonchev–Trinajstić information content (AvgIpc) is 3.21. The van der Waals surface area contributed by atoms with Crippen LogP contribution in [0, 0.1) is 5.82 Å². The van der Waals surface area contributed by atoms with Crippen molar-refractivity contribution in [2.75, 3.05) is 25.0 Å². The first kappa shape index (κ1) is 16.4. The molecule has 0 aliphatic carbocycles. The molecule has 0 aromatic heterocycles. The zero-order valence-electron chi connectivity index (χ0n) is 12.7. The quantitative estimate of drug-likeness (QED) is 0.854. The van der Waals surface area contributed by atoms with Gasteiger partial charge in [-0.25, -0.2) is 17.1 Å². The Morgan fingerprint density at radius 3 is 2.65 bits per heavy atom. The Labute approximate surface area is 135 Å². The Kier molecular flexibility index (Phi) is 4.65. The van der Waals surface area contributed by atoms with E-state index in [4.69, 9.17) is 0 Å². The van der Waals surface area contributed by atoms with Crippen LogP contribution in [0.15, 0.2) is 24.3 Å². The summed E-state index contributed by atoms with van der Waals surface area (Å²) in [4.78, 5) is 12.2. The van der Waals surface area contributed by atoms with Gasteiger partial charge in [0, 0.05) is 19.6 Å². The minimum atomic E-state index is -3.37. The molecule has 0 spiro atoms. The van der Waals surface area contributed by atoms with E-state index in [-0.39, 0.29) is 18.7 Å². The molecule has 6 nitrogen and oxygen atoms in total. The Balaban J connectivity index is 1.63. The van der Waals surface area contributed by atoms with Crippen molar-refractivity contribution < 1.29 is 17.6 Å². The van der Waals surface area contributed by atoms with E-state index < -0.39 is 33.0 Å². The first-order valence-electron chi connectivity index (χ1n) is 7.76. The lowest BCUT2D eigenvalue weighted by atomic mass is 10.2. The van der Waals surface area contributed by atoms with Gasteiger partial charge in [-0.3, -0.25) is 4.79 Å². The maximum Gasteiger partial charge on any atom is 0.241 e. The molecule has 0 bridgehead atoms. The predicted octanol–water partition coefficient (Wildman–Crippen LogP) is 0.920. The summed E-state index contributed by atoms with van der Waals surface area (Å²) in [5.74, 6) is -0.922. The van der Waals surface area contributed by atoms with Gasteiger partial charge in [0.15, 0.2) is 0 Å². The second kappa shape index (κ2) is 6.54. The number of anilines is 1. The predicted molar refractivity (Wildman–Crippen MR) is 85.0 cm³/mol. The number of rotatable bonds is 4. The largest absolute Gasteiger partial charge is 0.322 e. The van der Waals surface area contributed by atoms with E-state index in [0.717, 1.165) is 12.8 Å². The first-order valence-corrected chi connectivity index (χ1v) is 9.26. The summed E-state index contributed by atoms with van der Waals surface area (Å²) in [6.07, 6.45) is 1.98. The average molecular weight is 341 g/mol. The minimum absolute atomic E-state index is 0.102. The number of hydrogen-bond acceptors (Lipinski definition) is 4. The summed E-state index contributed by atoms with van der Waals surface area (Å²) in [5.41, 5.74) is 0.102. The van der Waals surface area contributed by atoms with Gasteiger partial charge in [-0.2, -0.15) is 0 Å². The third-order valence-corrected chi connectivity index (χ3v) is 6.67. The van der Waals surface area contributed by atoms with Crippen LogP contribution in [0.3, 0.4) is 0 Å². The third-order valence-electron chi connectivity index (χ3n) is 4.38. The molecule has 0 radical (unpaired) electrons. The van der Waals surface area contributed by atoms with Crippen molar-refractivity contribution in [3.05, 3.63) is 30.1 Å². The molecular formula is C15H20FN3O3S. The van der Waals surface area contributed by atoms with Crippen LogP contribution in [0.2, 0.25) is 0 Å². The molecule has 23 heavy (non-hydrogen) atoms. The van der Waals surface area contributed by atoms with Gasteiger partial charge < -0.3 is 10.6 Å². The van der Waals surface area contributed by atoms with Crippen molar-refractivity contribution in [1.29, 1.82) is 0 Å². The highest BCUT2D eigenvalue weighted by molar-refractivity contribution is 7.89. The summed E-state index contributed by atoms with van der Waals surface area (Å²) >= 11 is 0. The number of hydrogen-bond donors (Lipinski definition) is 2. The smallest absolute Gasteiger partial charge is 0.241 e. The van der Waals surface area contributed by atoms with Gasteiger partial charge in [-0.05, 0) is 31.4 Å². The molecule has 8 heteroatoms. The van der Waals surface area contributed by atoms with Crippen LogP contribution in [-0.2, 0) is 14.8 Å². The number of carbonyl (C=O) groups excluding carboxylic acids is 1. The number of benzene rings is 1. The first-order chi connectivity index (χ1) is 11.0. The second-order valence-corrected chi connectivity index (χ2v) is 8.15. The summed E-state index contributed by atoms with van der Waals surface area (Å²) in [6, 6.07) is 5.27. The molecule has 2 aliphatic heterocycles. The van der Waals surface area contributed by atoms with Crippen molar-refractivity contribution in [3.8, 4) is 0 Å². The molecule has 2 saturated heterocycles. The summed E-state index contributed by atoms with van der Waals surface area (Å²) in [6.45, 7) is 1.37. The molecule has 2 unspecified atom stereocenters. The Hall–Kier alpha value is -1.51. The van der Waals surface area contributed by atoms with Crippen LogP contribution in [0.25, 0.3) is 0 Å². The number of halogens is 1. The van der Waals surface area contributed by atoms with E-state index in [1.54, 1.807) is 6.07 Å². The van der Waals surface area contributed by atoms with Gasteiger partial charge in [-0.15, -0.1) is 0 Å². The number of carbonyl (C=O) groups is 1. The van der Waals surface area contributed by atoms with Crippen molar-refractivity contribution in [2.45, 2.75) is 30.6 Å². The molecule has 126 valence electrons. The summed E-state index contributed by atoms with van der Waals surface area (Å²) < 4.78 is 40.1. The Morgan fingerprint density at radius 2 is 1.96 bits per heavy atom. The van der Waals surface area contributed by atoms with Gasteiger partial charge in [0.1, 0.15) is 5.82 Å². The molecule has 2 fully saturated rings. The fourth-order valence-corrected chi connectivity index (χ4v) is 5.00. The van der Waals surface area contributed by atoms with E-state index in [2.05, 4.69) is 10.6 Å². The lowest BCUT2D eigenvalue weighted by Gasteiger charge is -2.20. The third kappa shape index (κ3) is 3.39. The number of nitrogens with zero attached hydrogens (tertiary/aromatic N) is 1. The van der Waals surface area contributed by atoms with Crippen LogP contribution in [0.4, 0.5) is 10.1 Å².